The summed E-state index contributed by atoms with van der Waals surface area (Å²) >= 11 is 6.36. The van der Waals surface area contributed by atoms with Crippen LogP contribution in [0, 0.1) is 0 Å². The van der Waals surface area contributed by atoms with Crippen molar-refractivity contribution in [2.45, 2.75) is 141 Å². The Morgan fingerprint density at radius 2 is 1.52 bits per heavy atom. The Hall–Kier alpha value is -2.28. The van der Waals surface area contributed by atoms with Gasteiger partial charge in [-0.05, 0) is 57.9 Å². The van der Waals surface area contributed by atoms with E-state index in [4.69, 9.17) is 49.9 Å². The Bertz CT molecular complexity index is 1590. The lowest BCUT2D eigenvalue weighted by Crippen LogP contribution is -2.39. The van der Waals surface area contributed by atoms with Crippen LogP contribution in [0.2, 0.25) is 5.02 Å². The fraction of sp³-hybridized carbons (Fsp3) is 0.684. The van der Waals surface area contributed by atoms with E-state index in [1.165, 1.54) is 77.0 Å². The highest BCUT2D eigenvalue weighted by Gasteiger charge is 2.62. The number of anilines is 1. The van der Waals surface area contributed by atoms with Crippen LogP contribution in [0.5, 0.6) is 5.75 Å². The molecule has 0 bridgehead atoms. The van der Waals surface area contributed by atoms with Gasteiger partial charge in [-0.3, -0.25) is 9.05 Å². The van der Waals surface area contributed by atoms with Crippen LogP contribution in [0.4, 0.5) is 5.82 Å². The molecule has 2 N–H and O–H groups in total. The molecule has 52 heavy (non-hydrogen) atoms. The van der Waals surface area contributed by atoms with Crippen LogP contribution in [-0.4, -0.2) is 65.1 Å². The molecule has 2 aromatic heterocycles. The first-order valence-corrected chi connectivity index (χ1v) is 20.9. The number of phosphoric ester groups is 1. The number of rotatable bonds is 24. The number of halogens is 1. The van der Waals surface area contributed by atoms with Crippen molar-refractivity contribution in [2.75, 3.05) is 32.2 Å². The number of para-hydroxylation sites is 1. The molecule has 4 heterocycles. The van der Waals surface area contributed by atoms with Crippen molar-refractivity contribution >= 4 is 30.8 Å². The van der Waals surface area contributed by atoms with Gasteiger partial charge in [-0.25, -0.2) is 14.1 Å². The Kier molecular flexibility index (Phi) is 15.2. The average Bonchev–Trinajstić information content (AvgIpc) is 3.78. The summed E-state index contributed by atoms with van der Waals surface area (Å²) < 4.78 is 58.7. The van der Waals surface area contributed by atoms with E-state index in [9.17, 15) is 4.57 Å². The van der Waals surface area contributed by atoms with Crippen molar-refractivity contribution in [3.8, 4) is 5.75 Å². The molecule has 2 aliphatic rings. The third kappa shape index (κ3) is 10.9. The van der Waals surface area contributed by atoms with Gasteiger partial charge in [-0.1, -0.05) is 101 Å². The van der Waals surface area contributed by atoms with Crippen LogP contribution in [0.1, 0.15) is 117 Å². The minimum absolute atomic E-state index is 0.0966. The fourth-order valence-electron chi connectivity index (χ4n) is 6.98. The number of nitrogen functional groups attached to an aromatic ring is 1. The summed E-state index contributed by atoms with van der Waals surface area (Å²) in [6.45, 7) is 8.94. The molecule has 14 heteroatoms. The Morgan fingerprint density at radius 1 is 0.846 bits per heavy atom. The topological polar surface area (TPSA) is 138 Å². The van der Waals surface area contributed by atoms with E-state index in [1.807, 2.05) is 32.9 Å². The van der Waals surface area contributed by atoms with E-state index in [2.05, 4.69) is 17.0 Å². The zero-order chi connectivity index (χ0) is 37.0. The minimum atomic E-state index is -4.19. The van der Waals surface area contributed by atoms with Gasteiger partial charge in [0.1, 0.15) is 41.5 Å². The van der Waals surface area contributed by atoms with Crippen LogP contribution >= 0.6 is 19.4 Å². The highest BCUT2D eigenvalue weighted by Crippen LogP contribution is 2.54. The van der Waals surface area contributed by atoms with E-state index >= 15 is 0 Å². The molecule has 0 saturated carbocycles. The summed E-state index contributed by atoms with van der Waals surface area (Å²) in [6, 6.07) is 10.5. The van der Waals surface area contributed by atoms with Gasteiger partial charge < -0.3 is 29.2 Å². The number of phosphoric acid groups is 1. The second kappa shape index (κ2) is 19.4. The van der Waals surface area contributed by atoms with E-state index in [1.54, 1.807) is 28.8 Å². The quantitative estimate of drug-likeness (QED) is 0.0690. The average molecular weight is 765 g/mol. The van der Waals surface area contributed by atoms with Crippen molar-refractivity contribution in [1.29, 1.82) is 0 Å². The molecule has 2 fully saturated rings. The number of unbranched alkanes of at least 4 members (excludes halogenated alkanes) is 11. The number of nitrogens with zero attached hydrogens (tertiary/aromatic N) is 3. The van der Waals surface area contributed by atoms with Crippen molar-refractivity contribution < 1.29 is 37.1 Å². The Labute approximate surface area is 313 Å². The van der Waals surface area contributed by atoms with Crippen molar-refractivity contribution in [1.82, 2.24) is 14.6 Å². The van der Waals surface area contributed by atoms with E-state index < -0.39 is 37.5 Å². The Morgan fingerprint density at radius 3 is 2.23 bits per heavy atom. The third-order valence-electron chi connectivity index (χ3n) is 9.69. The van der Waals surface area contributed by atoms with Gasteiger partial charge in [0.05, 0.1) is 23.9 Å². The van der Waals surface area contributed by atoms with Gasteiger partial charge in [0.2, 0.25) is 0 Å². The molecule has 0 radical (unpaired) electrons. The Balaban J connectivity index is 1.10. The monoisotopic (exact) mass is 764 g/mol. The number of hydrogen-bond acceptors (Lipinski definition) is 11. The molecule has 1 unspecified atom stereocenters. The van der Waals surface area contributed by atoms with Crippen LogP contribution in [-0.2, 0) is 38.2 Å². The lowest BCUT2D eigenvalue weighted by Gasteiger charge is -2.31. The standard InChI is InChI=1S/C38H58ClN4O8P/c1-5-6-7-8-9-10-11-12-13-14-15-18-24-45-25-19-26-46-52(44,51-31-21-17-16-20-29(31)39)47-27-32-34-35(50-37(2,3)49-34)38(4,48-32)33-23-22-30-36(40)41-28-42-43(30)33/h16-17,20-23,28,32,34-35H,5-15,18-19,24-27H2,1-4H3,(H2,40,41,42)/t32-,34-,35-,38+,52?/m1/s1. The number of aromatic nitrogens is 3. The van der Waals surface area contributed by atoms with Gasteiger partial charge >= 0.3 is 7.82 Å². The predicted octanol–water partition coefficient (Wildman–Crippen LogP) is 9.43. The van der Waals surface area contributed by atoms with Gasteiger partial charge in [0.15, 0.2) is 11.6 Å². The zero-order valence-corrected chi connectivity index (χ0v) is 33.0. The van der Waals surface area contributed by atoms with Crippen LogP contribution in [0.3, 0.4) is 0 Å². The highest BCUT2D eigenvalue weighted by molar-refractivity contribution is 7.48. The molecular formula is C38H58ClN4O8P. The molecule has 5 atom stereocenters. The fourth-order valence-corrected chi connectivity index (χ4v) is 8.47. The molecule has 3 aromatic rings. The molecule has 0 spiro atoms. The number of ether oxygens (including phenoxy) is 4. The van der Waals surface area contributed by atoms with Crippen LogP contribution in [0.25, 0.3) is 5.52 Å². The molecule has 2 aliphatic heterocycles. The second-order valence-electron chi connectivity index (χ2n) is 14.4. The van der Waals surface area contributed by atoms with Crippen molar-refractivity contribution in [3.05, 3.63) is 53.4 Å². The maximum Gasteiger partial charge on any atom is 0.530 e. The first kappa shape index (κ1) is 40.9. The van der Waals surface area contributed by atoms with Crippen molar-refractivity contribution in [3.63, 3.8) is 0 Å². The lowest BCUT2D eigenvalue weighted by atomic mass is 9.93. The molecule has 12 nitrogen and oxygen atoms in total. The van der Waals surface area contributed by atoms with Gasteiger partial charge in [0.25, 0.3) is 0 Å². The summed E-state index contributed by atoms with van der Waals surface area (Å²) in [5, 5.41) is 4.69. The molecule has 290 valence electrons. The number of nitrogens with two attached hydrogens (primary N) is 1. The van der Waals surface area contributed by atoms with Gasteiger partial charge in [-0.2, -0.15) is 5.10 Å². The highest BCUT2D eigenvalue weighted by atomic mass is 35.5. The largest absolute Gasteiger partial charge is 0.530 e. The second-order valence-corrected chi connectivity index (χ2v) is 16.4. The maximum atomic E-state index is 14.1. The lowest BCUT2D eigenvalue weighted by molar-refractivity contribution is -0.212. The molecular weight excluding hydrogens is 707 g/mol. The molecule has 0 amide bonds. The van der Waals surface area contributed by atoms with Crippen molar-refractivity contribution in [2.24, 2.45) is 0 Å². The smallest absolute Gasteiger partial charge is 0.402 e. The summed E-state index contributed by atoms with van der Waals surface area (Å²) in [7, 11) is -4.19. The summed E-state index contributed by atoms with van der Waals surface area (Å²) in [5.74, 6) is -0.377. The van der Waals surface area contributed by atoms with Crippen LogP contribution in [0.15, 0.2) is 42.7 Å². The first-order valence-electron chi connectivity index (χ1n) is 19.1. The predicted molar refractivity (Wildman–Crippen MR) is 202 cm³/mol. The SMILES string of the molecule is CCCCCCCCCCCCCCOCCCOP(=O)(OC[C@H]1O[C@@](C)(c2ccc3c(N)ncnn23)[C@@H]2OC(C)(C)O[C@@H]21)Oc1ccccc1Cl. The number of benzene rings is 1. The van der Waals surface area contributed by atoms with E-state index in [0.717, 1.165) is 6.42 Å². The third-order valence-corrected chi connectivity index (χ3v) is 11.4. The van der Waals surface area contributed by atoms with Gasteiger partial charge in [0, 0.05) is 13.2 Å². The normalized spacial score (nSPS) is 23.6. The van der Waals surface area contributed by atoms with Crippen LogP contribution < -0.4 is 10.3 Å². The molecule has 0 aliphatic carbocycles. The van der Waals surface area contributed by atoms with E-state index in [0.29, 0.717) is 36.7 Å². The summed E-state index contributed by atoms with van der Waals surface area (Å²) in [4.78, 5) is 4.10. The molecule has 1 aromatic carbocycles. The zero-order valence-electron chi connectivity index (χ0n) is 31.3. The minimum Gasteiger partial charge on any atom is -0.402 e. The molecule has 2 saturated heterocycles. The molecule has 5 rings (SSSR count). The maximum absolute atomic E-state index is 14.1. The first-order chi connectivity index (χ1) is 25.1. The summed E-state index contributed by atoms with van der Waals surface area (Å²) in [6.07, 6.45) is 15.7. The van der Waals surface area contributed by atoms with Gasteiger partial charge in [-0.15, -0.1) is 0 Å². The number of hydrogen-bond donors (Lipinski definition) is 1. The number of fused-ring (bicyclic) bond motifs is 2. The summed E-state index contributed by atoms with van der Waals surface area (Å²) in [5.41, 5.74) is 6.42. The van der Waals surface area contributed by atoms with E-state index in [-0.39, 0.29) is 24.0 Å².